The maximum absolute atomic E-state index is 14.0. The van der Waals surface area contributed by atoms with Crippen molar-refractivity contribution in [1.82, 2.24) is 25.2 Å². The van der Waals surface area contributed by atoms with Crippen LogP contribution in [0.3, 0.4) is 0 Å². The van der Waals surface area contributed by atoms with E-state index in [0.29, 0.717) is 29.5 Å². The normalized spacial score (nSPS) is 18.0. The number of hydrogen-bond donors (Lipinski definition) is 2. The third-order valence-electron chi connectivity index (χ3n) is 9.88. The van der Waals surface area contributed by atoms with E-state index >= 15 is 0 Å². The lowest BCUT2D eigenvalue weighted by Gasteiger charge is -2.34. The number of aryl methyl sites for hydroxylation is 1. The van der Waals surface area contributed by atoms with Crippen LogP contribution in [0, 0.1) is 23.1 Å². The van der Waals surface area contributed by atoms with Crippen LogP contribution in [0.15, 0.2) is 42.6 Å². The van der Waals surface area contributed by atoms with Crippen molar-refractivity contribution in [3.05, 3.63) is 70.2 Å². The molecule has 0 radical (unpaired) electrons. The van der Waals surface area contributed by atoms with Gasteiger partial charge in [0.25, 0.3) is 5.91 Å². The Morgan fingerprint density at radius 1 is 1.10 bits per heavy atom. The average molecular weight is 674 g/mol. The van der Waals surface area contributed by atoms with Crippen molar-refractivity contribution in [2.45, 2.75) is 72.3 Å². The number of likely N-dealkylation sites (tertiary alicyclic amines) is 1. The van der Waals surface area contributed by atoms with Gasteiger partial charge in [-0.1, -0.05) is 56.4 Å². The summed E-state index contributed by atoms with van der Waals surface area (Å²) in [5, 5.41) is 13.1. The molecule has 11 heteroatoms. The lowest BCUT2D eigenvalue weighted by molar-refractivity contribution is -0.149. The quantitative estimate of drug-likeness (QED) is 0.185. The molecule has 9 nitrogen and oxygen atoms in total. The minimum atomic E-state index is -0.784. The predicted octanol–water partition coefficient (Wildman–Crippen LogP) is 6.89. The lowest BCUT2D eigenvalue weighted by Crippen LogP contribution is -2.39. The number of rotatable bonds is 9. The Kier molecular flexibility index (Phi) is 10.1. The number of benzene rings is 1. The number of nitrogens with zero attached hydrogens (tertiary/aromatic N) is 4. The third kappa shape index (κ3) is 7.68. The fourth-order valence-corrected chi connectivity index (χ4v) is 7.70. The van der Waals surface area contributed by atoms with Gasteiger partial charge < -0.3 is 20.1 Å². The van der Waals surface area contributed by atoms with E-state index in [9.17, 15) is 19.1 Å². The fourth-order valence-electron chi connectivity index (χ4n) is 6.85. The number of piperidine rings is 1. The topological polar surface area (TPSA) is 118 Å². The van der Waals surface area contributed by atoms with Crippen LogP contribution >= 0.6 is 11.3 Å². The number of thiazole rings is 1. The molecule has 0 bridgehead atoms. The SMILES string of the molecule is CCOC(=O)C1CCN(CC[C@@H](NC(=O)c2nc3cc4c(nc3s2)CC[C@H](C(C)(C)C)C4)c2ccc(-c3cnc(O)c(F)c3)cc2)CC1. The Balaban J connectivity index is 1.19. The molecule has 2 atom stereocenters. The maximum atomic E-state index is 14.0. The summed E-state index contributed by atoms with van der Waals surface area (Å²) in [6.07, 6.45) is 6.60. The molecule has 4 heterocycles. The van der Waals surface area contributed by atoms with Gasteiger partial charge in [0.2, 0.25) is 5.88 Å². The van der Waals surface area contributed by atoms with Crippen molar-refractivity contribution >= 4 is 33.6 Å². The molecule has 1 amide bonds. The number of carbonyl (C=O) groups is 2. The minimum absolute atomic E-state index is 0.0684. The summed E-state index contributed by atoms with van der Waals surface area (Å²) >= 11 is 1.33. The van der Waals surface area contributed by atoms with E-state index < -0.39 is 11.7 Å². The minimum Gasteiger partial charge on any atom is -0.491 e. The molecule has 48 heavy (non-hydrogen) atoms. The third-order valence-corrected chi connectivity index (χ3v) is 10.8. The fraction of sp³-hybridized carbons (Fsp3) is 0.486. The lowest BCUT2D eigenvalue weighted by atomic mass is 9.71. The van der Waals surface area contributed by atoms with Gasteiger partial charge in [0, 0.05) is 24.0 Å². The number of aromatic hydroxyl groups is 1. The zero-order valence-corrected chi connectivity index (χ0v) is 28.9. The smallest absolute Gasteiger partial charge is 0.309 e. The van der Waals surface area contributed by atoms with E-state index in [1.165, 1.54) is 29.2 Å². The summed E-state index contributed by atoms with van der Waals surface area (Å²) in [4.78, 5) is 42.5. The van der Waals surface area contributed by atoms with Crippen LogP contribution in [-0.2, 0) is 22.4 Å². The zero-order valence-electron chi connectivity index (χ0n) is 28.1. The first-order valence-electron chi connectivity index (χ1n) is 16.9. The predicted molar refractivity (Wildman–Crippen MR) is 184 cm³/mol. The monoisotopic (exact) mass is 673 g/mol. The summed E-state index contributed by atoms with van der Waals surface area (Å²) in [5.74, 6) is -1.27. The first-order valence-corrected chi connectivity index (χ1v) is 17.7. The van der Waals surface area contributed by atoms with Gasteiger partial charge in [-0.15, -0.1) is 0 Å². The molecule has 1 aliphatic heterocycles. The summed E-state index contributed by atoms with van der Waals surface area (Å²) in [7, 11) is 0. The van der Waals surface area contributed by atoms with Crippen LogP contribution in [0.25, 0.3) is 21.5 Å². The van der Waals surface area contributed by atoms with E-state index in [-0.39, 0.29) is 29.3 Å². The van der Waals surface area contributed by atoms with E-state index in [4.69, 9.17) is 14.7 Å². The van der Waals surface area contributed by atoms with Crippen LogP contribution < -0.4 is 5.32 Å². The number of pyridine rings is 2. The highest BCUT2D eigenvalue weighted by Gasteiger charge is 2.31. The van der Waals surface area contributed by atoms with E-state index in [0.717, 1.165) is 78.9 Å². The number of esters is 1. The Bertz CT molecular complexity index is 1780. The van der Waals surface area contributed by atoms with Gasteiger partial charge in [-0.2, -0.15) is 0 Å². The molecule has 0 spiro atoms. The summed E-state index contributed by atoms with van der Waals surface area (Å²) in [6, 6.07) is 10.6. The molecule has 1 aliphatic carbocycles. The Hall–Kier alpha value is -3.96. The second kappa shape index (κ2) is 14.3. The molecule has 1 aromatic carbocycles. The van der Waals surface area contributed by atoms with Crippen LogP contribution in [0.2, 0.25) is 0 Å². The van der Waals surface area contributed by atoms with Gasteiger partial charge in [-0.25, -0.2) is 19.3 Å². The average Bonchev–Trinajstić information content (AvgIpc) is 3.49. The second-order valence-electron chi connectivity index (χ2n) is 14.1. The van der Waals surface area contributed by atoms with E-state index in [1.54, 1.807) is 0 Å². The van der Waals surface area contributed by atoms with E-state index in [2.05, 4.69) is 42.0 Å². The number of carbonyl (C=O) groups excluding carboxylic acids is 2. The van der Waals surface area contributed by atoms with Gasteiger partial charge in [0.05, 0.1) is 18.6 Å². The van der Waals surface area contributed by atoms with Crippen molar-refractivity contribution < 1.29 is 23.8 Å². The Morgan fingerprint density at radius 2 is 1.85 bits per heavy atom. The first-order chi connectivity index (χ1) is 23.0. The molecule has 2 aliphatic rings. The van der Waals surface area contributed by atoms with Gasteiger partial charge >= 0.3 is 5.97 Å². The molecule has 4 aromatic rings. The van der Waals surface area contributed by atoms with Gasteiger partial charge in [0.1, 0.15) is 10.3 Å². The number of fused-ring (bicyclic) bond motifs is 2. The number of amides is 1. The summed E-state index contributed by atoms with van der Waals surface area (Å²) < 4.78 is 19.2. The van der Waals surface area contributed by atoms with Crippen LogP contribution in [0.1, 0.15) is 86.0 Å². The van der Waals surface area contributed by atoms with Gasteiger partial charge in [-0.3, -0.25) is 9.59 Å². The van der Waals surface area contributed by atoms with Crippen molar-refractivity contribution in [2.24, 2.45) is 17.3 Å². The molecule has 3 aromatic heterocycles. The van der Waals surface area contributed by atoms with Gasteiger partial charge in [-0.05, 0) is 98.7 Å². The Labute approximate surface area is 285 Å². The standard InChI is InChI=1S/C37H44FN5O4S/c1-5-47-36(46)24-12-15-43(16-13-24)17-14-30(23-8-6-22(7-9-23)26-19-28(38)32(44)39-21-26)40-33(45)35-42-31-20-25-18-27(37(2,3)4)10-11-29(25)41-34(31)48-35/h6-9,19-21,24,27,30H,5,10-18H2,1-4H3,(H,39,44)(H,40,45)/t27-,30+/m0/s1. The van der Waals surface area contributed by atoms with E-state index in [1.807, 2.05) is 31.2 Å². The van der Waals surface area contributed by atoms with Crippen molar-refractivity contribution in [1.29, 1.82) is 0 Å². The van der Waals surface area contributed by atoms with Gasteiger partial charge in [0.15, 0.2) is 10.8 Å². The molecule has 0 saturated carbocycles. The molecular formula is C37H44FN5O4S. The highest BCUT2D eigenvalue weighted by Crippen LogP contribution is 2.38. The van der Waals surface area contributed by atoms with Crippen molar-refractivity contribution in [3.63, 3.8) is 0 Å². The summed E-state index contributed by atoms with van der Waals surface area (Å²) in [5.41, 5.74) is 5.53. The maximum Gasteiger partial charge on any atom is 0.309 e. The van der Waals surface area contributed by atoms with Crippen molar-refractivity contribution in [3.8, 4) is 17.0 Å². The largest absolute Gasteiger partial charge is 0.491 e. The van der Waals surface area contributed by atoms with Crippen LogP contribution in [0.4, 0.5) is 4.39 Å². The second-order valence-corrected chi connectivity index (χ2v) is 15.1. The number of aromatic nitrogens is 3. The number of ether oxygens (including phenoxy) is 1. The molecule has 1 saturated heterocycles. The molecule has 254 valence electrons. The zero-order chi connectivity index (χ0) is 34.0. The number of halogens is 1. The Morgan fingerprint density at radius 3 is 2.54 bits per heavy atom. The highest BCUT2D eigenvalue weighted by atomic mass is 32.1. The molecule has 6 rings (SSSR count). The summed E-state index contributed by atoms with van der Waals surface area (Å²) in [6.45, 7) is 11.4. The molecule has 2 N–H and O–H groups in total. The highest BCUT2D eigenvalue weighted by molar-refractivity contribution is 7.19. The van der Waals surface area contributed by atoms with Crippen LogP contribution in [-0.4, -0.2) is 63.1 Å². The molecule has 1 fully saturated rings. The number of hydrogen-bond acceptors (Lipinski definition) is 9. The van der Waals surface area contributed by atoms with Crippen LogP contribution in [0.5, 0.6) is 5.88 Å². The van der Waals surface area contributed by atoms with Crippen molar-refractivity contribution in [2.75, 3.05) is 26.2 Å². The first kappa shape index (κ1) is 33.9. The molecule has 0 unspecified atom stereocenters. The molecular weight excluding hydrogens is 630 g/mol. The number of nitrogens with one attached hydrogen (secondary N) is 1.